The molecular formula is C29H26N2O6S. The van der Waals surface area contributed by atoms with Crippen LogP contribution in [0.3, 0.4) is 0 Å². The quantitative estimate of drug-likeness (QED) is 0.416. The number of carbonyl (C=O) groups is 4. The highest BCUT2D eigenvalue weighted by Crippen LogP contribution is 2.48. The summed E-state index contributed by atoms with van der Waals surface area (Å²) in [6.07, 6.45) is 0.323. The molecule has 194 valence electrons. The Hall–Kier alpha value is -4.24. The monoisotopic (exact) mass is 530 g/mol. The Morgan fingerprint density at radius 1 is 1.03 bits per heavy atom. The van der Waals surface area contributed by atoms with Crippen LogP contribution in [0.25, 0.3) is 0 Å². The number of carboxylic acids is 1. The smallest absolute Gasteiger partial charge is 0.337 e. The van der Waals surface area contributed by atoms with Crippen LogP contribution in [-0.2, 0) is 19.1 Å². The number of para-hydroxylation sites is 2. The summed E-state index contributed by atoms with van der Waals surface area (Å²) in [6, 6.07) is 17.1. The van der Waals surface area contributed by atoms with E-state index in [-0.39, 0.29) is 24.5 Å². The number of thiophene rings is 1. The van der Waals surface area contributed by atoms with Crippen molar-refractivity contribution in [2.24, 2.45) is 0 Å². The second-order valence-electron chi connectivity index (χ2n) is 9.25. The molecule has 2 aliphatic rings. The van der Waals surface area contributed by atoms with Gasteiger partial charge in [0.25, 0.3) is 0 Å². The van der Waals surface area contributed by atoms with Crippen molar-refractivity contribution < 1.29 is 29.0 Å². The third kappa shape index (κ3) is 4.84. The number of nitrogens with zero attached hydrogens (tertiary/aromatic N) is 1. The zero-order chi connectivity index (χ0) is 26.8. The van der Waals surface area contributed by atoms with Crippen LogP contribution in [0.1, 0.15) is 58.4 Å². The number of hydrogen-bond acceptors (Lipinski definition) is 7. The van der Waals surface area contributed by atoms with E-state index in [1.54, 1.807) is 47.7 Å². The first kappa shape index (κ1) is 25.4. The van der Waals surface area contributed by atoms with Gasteiger partial charge in [-0.15, -0.1) is 11.3 Å². The molecule has 1 aliphatic carbocycles. The number of fused-ring (bicyclic) bond motifs is 1. The summed E-state index contributed by atoms with van der Waals surface area (Å²) in [7, 11) is 1.30. The normalized spacial score (nSPS) is 18.7. The van der Waals surface area contributed by atoms with E-state index >= 15 is 0 Å². The summed E-state index contributed by atoms with van der Waals surface area (Å²) >= 11 is 1.61. The fourth-order valence-corrected chi connectivity index (χ4v) is 5.99. The van der Waals surface area contributed by atoms with E-state index in [0.717, 1.165) is 10.6 Å². The summed E-state index contributed by atoms with van der Waals surface area (Å²) in [6.45, 7) is 0. The Kier molecular flexibility index (Phi) is 7.11. The third-order valence-electron chi connectivity index (χ3n) is 6.90. The Balaban J connectivity index is 1.68. The average Bonchev–Trinajstić information content (AvgIpc) is 3.41. The van der Waals surface area contributed by atoms with Crippen LogP contribution in [0.5, 0.6) is 0 Å². The molecule has 0 radical (unpaired) electrons. The zero-order valence-electron chi connectivity index (χ0n) is 20.7. The molecule has 8 nitrogen and oxygen atoms in total. The van der Waals surface area contributed by atoms with Crippen molar-refractivity contribution in [1.82, 2.24) is 0 Å². The van der Waals surface area contributed by atoms with E-state index in [1.807, 2.05) is 29.6 Å². The van der Waals surface area contributed by atoms with E-state index in [1.165, 1.54) is 12.0 Å². The molecule has 5 rings (SSSR count). The fraction of sp³-hybridized carbons (Fsp3) is 0.241. The first-order chi connectivity index (χ1) is 18.4. The van der Waals surface area contributed by atoms with Crippen LogP contribution in [0.4, 0.5) is 11.4 Å². The Bertz CT molecular complexity index is 1430. The number of hydrogen-bond donors (Lipinski definition) is 2. The Morgan fingerprint density at radius 2 is 1.79 bits per heavy atom. The molecular weight excluding hydrogens is 504 g/mol. The Labute approximate surface area is 223 Å². The number of amides is 1. The van der Waals surface area contributed by atoms with Crippen LogP contribution < -0.4 is 10.2 Å². The molecule has 2 N–H and O–H groups in total. The summed E-state index contributed by atoms with van der Waals surface area (Å²) in [4.78, 5) is 53.6. The van der Waals surface area contributed by atoms with E-state index in [9.17, 15) is 24.3 Å². The number of allylic oxidation sites excluding steroid dienone is 1. The van der Waals surface area contributed by atoms with Crippen molar-refractivity contribution in [1.29, 1.82) is 0 Å². The van der Waals surface area contributed by atoms with Crippen LogP contribution in [0, 0.1) is 0 Å². The SMILES string of the molecule is COC(=O)c1ccc(C2C3=C(CC(c4cccs4)CC3=O)Nc3ccccc3N2C(=O)CCC(=O)O)cc1. The predicted octanol–water partition coefficient (Wildman–Crippen LogP) is 5.30. The van der Waals surface area contributed by atoms with E-state index < -0.39 is 23.9 Å². The summed E-state index contributed by atoms with van der Waals surface area (Å²) in [5, 5.41) is 14.7. The molecule has 2 unspecified atom stereocenters. The van der Waals surface area contributed by atoms with Gasteiger partial charge in [-0.3, -0.25) is 19.3 Å². The van der Waals surface area contributed by atoms with Gasteiger partial charge in [0.2, 0.25) is 5.91 Å². The first-order valence-electron chi connectivity index (χ1n) is 12.2. The van der Waals surface area contributed by atoms with Crippen LogP contribution >= 0.6 is 11.3 Å². The van der Waals surface area contributed by atoms with Crippen LogP contribution in [-0.4, -0.2) is 35.8 Å². The van der Waals surface area contributed by atoms with Gasteiger partial charge in [-0.05, 0) is 47.7 Å². The second kappa shape index (κ2) is 10.6. The number of ketones is 1. The van der Waals surface area contributed by atoms with Crippen molar-refractivity contribution in [3.8, 4) is 0 Å². The molecule has 1 aromatic heterocycles. The van der Waals surface area contributed by atoms with Gasteiger partial charge in [0.1, 0.15) is 0 Å². The van der Waals surface area contributed by atoms with Gasteiger partial charge >= 0.3 is 11.9 Å². The number of anilines is 2. The number of carbonyl (C=O) groups excluding carboxylic acids is 3. The zero-order valence-corrected chi connectivity index (χ0v) is 21.5. The highest BCUT2D eigenvalue weighted by Gasteiger charge is 2.41. The number of Topliss-reactive ketones (excluding diaryl/α,β-unsaturated/α-hetero) is 1. The number of esters is 1. The van der Waals surface area contributed by atoms with E-state index in [2.05, 4.69) is 5.32 Å². The molecule has 1 amide bonds. The minimum absolute atomic E-state index is 0.0116. The molecule has 0 bridgehead atoms. The van der Waals surface area contributed by atoms with Crippen molar-refractivity contribution in [2.75, 3.05) is 17.3 Å². The number of carboxylic acid groups (broad SMARTS) is 1. The van der Waals surface area contributed by atoms with Crippen LogP contribution in [0.15, 0.2) is 77.3 Å². The third-order valence-corrected chi connectivity index (χ3v) is 7.94. The molecule has 0 saturated carbocycles. The van der Waals surface area contributed by atoms with Gasteiger partial charge < -0.3 is 15.2 Å². The fourth-order valence-electron chi connectivity index (χ4n) is 5.16. The lowest BCUT2D eigenvalue weighted by Gasteiger charge is -2.35. The van der Waals surface area contributed by atoms with Gasteiger partial charge in [0.15, 0.2) is 5.78 Å². The molecule has 38 heavy (non-hydrogen) atoms. The molecule has 1 aliphatic heterocycles. The maximum atomic E-state index is 13.9. The topological polar surface area (TPSA) is 113 Å². The maximum absolute atomic E-state index is 13.9. The molecule has 3 aromatic rings. The largest absolute Gasteiger partial charge is 0.481 e. The second-order valence-corrected chi connectivity index (χ2v) is 10.2. The van der Waals surface area contributed by atoms with Crippen molar-refractivity contribution in [3.05, 3.63) is 93.3 Å². The lowest BCUT2D eigenvalue weighted by molar-refractivity contribution is -0.138. The molecule has 0 spiro atoms. The Morgan fingerprint density at radius 3 is 2.47 bits per heavy atom. The standard InChI is InChI=1S/C29H26N2O6S/c1-37-29(36)18-10-8-17(9-11-18)28-27-21(15-19(16-23(27)32)24-7-4-14-38-24)30-20-5-2-3-6-22(20)31(28)25(33)12-13-26(34)35/h2-11,14,19,28,30H,12-13,15-16H2,1H3,(H,34,35). The van der Waals surface area contributed by atoms with Gasteiger partial charge in [-0.25, -0.2) is 4.79 Å². The lowest BCUT2D eigenvalue weighted by atomic mass is 9.80. The van der Waals surface area contributed by atoms with Gasteiger partial charge in [-0.2, -0.15) is 0 Å². The highest BCUT2D eigenvalue weighted by molar-refractivity contribution is 7.10. The van der Waals surface area contributed by atoms with E-state index in [0.29, 0.717) is 40.9 Å². The molecule has 2 aromatic carbocycles. The van der Waals surface area contributed by atoms with Crippen molar-refractivity contribution in [2.45, 2.75) is 37.6 Å². The maximum Gasteiger partial charge on any atom is 0.337 e. The summed E-state index contributed by atoms with van der Waals surface area (Å²) in [5.41, 5.74) is 3.41. The van der Waals surface area contributed by atoms with Crippen LogP contribution in [0.2, 0.25) is 0 Å². The number of ether oxygens (including phenoxy) is 1. The minimum Gasteiger partial charge on any atom is -0.481 e. The number of rotatable bonds is 6. The average molecular weight is 531 g/mol. The van der Waals surface area contributed by atoms with Crippen molar-refractivity contribution >= 4 is 46.3 Å². The molecule has 0 fully saturated rings. The summed E-state index contributed by atoms with van der Waals surface area (Å²) < 4.78 is 4.82. The molecule has 2 atom stereocenters. The van der Waals surface area contributed by atoms with Crippen molar-refractivity contribution in [3.63, 3.8) is 0 Å². The van der Waals surface area contributed by atoms with Gasteiger partial charge in [-0.1, -0.05) is 30.3 Å². The predicted molar refractivity (Wildman–Crippen MR) is 143 cm³/mol. The number of aliphatic carboxylic acids is 1. The summed E-state index contributed by atoms with van der Waals surface area (Å²) in [5.74, 6) is -2.05. The van der Waals surface area contributed by atoms with Gasteiger partial charge in [0, 0.05) is 34.9 Å². The first-order valence-corrected chi connectivity index (χ1v) is 13.1. The number of nitrogens with one attached hydrogen (secondary N) is 1. The highest BCUT2D eigenvalue weighted by atomic mass is 32.1. The number of benzene rings is 2. The minimum atomic E-state index is -1.08. The number of methoxy groups -OCH3 is 1. The molecule has 2 heterocycles. The molecule has 9 heteroatoms. The molecule has 0 saturated heterocycles. The van der Waals surface area contributed by atoms with Gasteiger partial charge in [0.05, 0.1) is 36.5 Å². The lowest BCUT2D eigenvalue weighted by Crippen LogP contribution is -2.38. The van der Waals surface area contributed by atoms with E-state index in [4.69, 9.17) is 4.74 Å².